The van der Waals surface area contributed by atoms with Crippen LogP contribution >= 0.6 is 0 Å². The Morgan fingerprint density at radius 2 is 1.42 bits per heavy atom. The Balaban J connectivity index is 1.10. The normalized spacial score (nSPS) is 35.1. The molecule has 3 aromatic rings. The summed E-state index contributed by atoms with van der Waals surface area (Å²) in [7, 11) is 0. The van der Waals surface area contributed by atoms with Crippen molar-refractivity contribution >= 4 is 29.5 Å². The van der Waals surface area contributed by atoms with E-state index in [1.807, 2.05) is 73.7 Å². The van der Waals surface area contributed by atoms with Crippen LogP contribution in [0.1, 0.15) is 154 Å². The number of benzene rings is 2. The van der Waals surface area contributed by atoms with E-state index in [-0.39, 0.29) is 83.5 Å². The molecule has 348 valence electrons. The van der Waals surface area contributed by atoms with Gasteiger partial charge in [0.25, 0.3) is 0 Å². The second-order valence-electron chi connectivity index (χ2n) is 21.9. The second kappa shape index (κ2) is 17.0. The van der Waals surface area contributed by atoms with Crippen LogP contribution in [0.2, 0.25) is 0 Å². The summed E-state index contributed by atoms with van der Waals surface area (Å²) in [6.07, 6.45) is 7.12. The van der Waals surface area contributed by atoms with E-state index in [4.69, 9.17) is 23.0 Å². The van der Waals surface area contributed by atoms with Crippen LogP contribution in [0.25, 0.3) is 0 Å². The SMILES string of the molecule is CC(=O)CCC(=O)O[C@H]1CC[C@@]2(C)[C@@H](CC[C@]3(C)[C@@H]2C(=O)C=C2[C@@H]4C[C@@](C)(C(=O)OC(c5ccccc5)c5ccccc5)CC[C@]4(C)CC[C@]23C)[C@]1(C)CC(=O)OCc1oc(=O)oc1C. The number of ketones is 2. The van der Waals surface area contributed by atoms with E-state index in [9.17, 15) is 24.0 Å². The third kappa shape index (κ3) is 8.06. The second-order valence-corrected chi connectivity index (χ2v) is 21.9. The number of hydrogen-bond donors (Lipinski definition) is 0. The summed E-state index contributed by atoms with van der Waals surface area (Å²) < 4.78 is 28.5. The standard InChI is InChI=1S/C54H66O11/c1-33(55)19-20-43(57)64-42-22-23-51(5)41(52(42,6)31-44(58)61-32-40-34(2)62-48(60)63-40)21-24-54(8)46(51)39(56)29-37-38-30-50(4,26-25-49(38,3)27-28-53(37,54)7)47(59)65-45(35-15-11-9-12-16-35)36-17-13-10-14-18-36/h9-18,29,38,41-42,45-46H,19-28,30-32H2,1-8H3/t38-,41+,42-,46+,49+,50-,51-,52-,53+,54+/m0/s1. The fraction of sp³-hybridized carbons (Fsp3) is 0.593. The summed E-state index contributed by atoms with van der Waals surface area (Å²) in [5.41, 5.74) is -0.153. The molecular formula is C54H66O11. The topological polar surface area (TPSA) is 156 Å². The molecule has 5 aliphatic carbocycles. The predicted octanol–water partition coefficient (Wildman–Crippen LogP) is 10.5. The highest BCUT2D eigenvalue weighted by molar-refractivity contribution is 5.96. The number of fused-ring (bicyclic) bond motifs is 7. The van der Waals surface area contributed by atoms with E-state index in [1.165, 1.54) is 12.5 Å². The maximum absolute atomic E-state index is 15.3. The van der Waals surface area contributed by atoms with Gasteiger partial charge in [-0.2, -0.15) is 0 Å². The highest BCUT2D eigenvalue weighted by Gasteiger charge is 2.71. The van der Waals surface area contributed by atoms with Gasteiger partial charge in [0.2, 0.25) is 0 Å². The minimum Gasteiger partial charge on any atom is -0.462 e. The van der Waals surface area contributed by atoms with Crippen molar-refractivity contribution in [3.05, 3.63) is 106 Å². The highest BCUT2D eigenvalue weighted by Crippen LogP contribution is 2.75. The molecule has 4 saturated carbocycles. The fourth-order valence-corrected chi connectivity index (χ4v) is 13.9. The minimum absolute atomic E-state index is 0.000171. The molecule has 0 spiro atoms. The molecule has 11 nitrogen and oxygen atoms in total. The Morgan fingerprint density at radius 1 is 0.769 bits per heavy atom. The lowest BCUT2D eigenvalue weighted by molar-refractivity contribution is -0.218. The summed E-state index contributed by atoms with van der Waals surface area (Å²) in [6, 6.07) is 19.8. The van der Waals surface area contributed by atoms with Gasteiger partial charge in [0.05, 0.1) is 18.3 Å². The smallest absolute Gasteiger partial charge is 0.462 e. The number of ether oxygens (including phenoxy) is 3. The van der Waals surface area contributed by atoms with Crippen molar-refractivity contribution in [1.29, 1.82) is 0 Å². The van der Waals surface area contributed by atoms with E-state index in [1.54, 1.807) is 6.92 Å². The molecule has 65 heavy (non-hydrogen) atoms. The van der Waals surface area contributed by atoms with Gasteiger partial charge in [0.15, 0.2) is 30.0 Å². The molecule has 0 N–H and O–H groups in total. The van der Waals surface area contributed by atoms with Gasteiger partial charge in [-0.1, -0.05) is 101 Å². The zero-order valence-electron chi connectivity index (χ0n) is 39.4. The summed E-state index contributed by atoms with van der Waals surface area (Å²) in [5.74, 6) is -2.42. The predicted molar refractivity (Wildman–Crippen MR) is 241 cm³/mol. The van der Waals surface area contributed by atoms with Crippen LogP contribution in [0.4, 0.5) is 0 Å². The summed E-state index contributed by atoms with van der Waals surface area (Å²) >= 11 is 0. The molecule has 0 bridgehead atoms. The van der Waals surface area contributed by atoms with E-state index in [2.05, 4.69) is 34.6 Å². The lowest BCUT2D eigenvalue weighted by Gasteiger charge is -2.70. The Kier molecular flexibility index (Phi) is 12.1. The first kappa shape index (κ1) is 46.5. The molecule has 2 aromatic carbocycles. The zero-order valence-corrected chi connectivity index (χ0v) is 39.4. The lowest BCUT2D eigenvalue weighted by atomic mass is 9.33. The number of carbonyl (C=O) groups is 5. The van der Waals surface area contributed by atoms with Crippen LogP contribution < -0.4 is 5.82 Å². The van der Waals surface area contributed by atoms with Gasteiger partial charge in [0, 0.05) is 17.8 Å². The molecule has 8 rings (SSSR count). The van der Waals surface area contributed by atoms with Gasteiger partial charge in [-0.3, -0.25) is 19.2 Å². The van der Waals surface area contributed by atoms with Crippen LogP contribution in [0.3, 0.4) is 0 Å². The number of hydrogen-bond acceptors (Lipinski definition) is 11. The molecule has 10 atom stereocenters. The van der Waals surface area contributed by atoms with Gasteiger partial charge in [0.1, 0.15) is 11.9 Å². The van der Waals surface area contributed by atoms with Crippen LogP contribution in [0.15, 0.2) is 85.9 Å². The Bertz CT molecular complexity index is 2390. The average Bonchev–Trinajstić information content (AvgIpc) is 3.59. The van der Waals surface area contributed by atoms with E-state index >= 15 is 4.79 Å². The first-order valence-electron chi connectivity index (χ1n) is 23.7. The quantitative estimate of drug-likeness (QED) is 0.126. The van der Waals surface area contributed by atoms with E-state index in [0.717, 1.165) is 30.4 Å². The van der Waals surface area contributed by atoms with Crippen LogP contribution in [-0.4, -0.2) is 35.6 Å². The first-order chi connectivity index (χ1) is 30.7. The van der Waals surface area contributed by atoms with Crippen molar-refractivity contribution in [2.24, 2.45) is 50.2 Å². The summed E-state index contributed by atoms with van der Waals surface area (Å²) in [4.78, 5) is 80.7. The highest BCUT2D eigenvalue weighted by atomic mass is 16.6. The number of carbonyl (C=O) groups excluding carboxylic acids is 5. The van der Waals surface area contributed by atoms with Crippen molar-refractivity contribution in [2.75, 3.05) is 0 Å². The van der Waals surface area contributed by atoms with Crippen molar-refractivity contribution in [3.63, 3.8) is 0 Å². The molecule has 4 fully saturated rings. The van der Waals surface area contributed by atoms with Crippen molar-refractivity contribution in [2.45, 2.75) is 151 Å². The number of allylic oxidation sites excluding steroid dienone is 2. The van der Waals surface area contributed by atoms with E-state index < -0.39 is 51.6 Å². The van der Waals surface area contributed by atoms with Crippen molar-refractivity contribution < 1.29 is 47.0 Å². The molecular weight excluding hydrogens is 825 g/mol. The molecule has 11 heteroatoms. The Hall–Kier alpha value is -5.06. The molecule has 0 amide bonds. The van der Waals surface area contributed by atoms with Crippen LogP contribution in [-0.2, 0) is 44.8 Å². The summed E-state index contributed by atoms with van der Waals surface area (Å²) in [6.45, 7) is 16.0. The molecule has 0 aliphatic heterocycles. The molecule has 0 saturated heterocycles. The third-order valence-electron chi connectivity index (χ3n) is 17.9. The number of rotatable bonds is 12. The molecule has 1 aromatic heterocycles. The summed E-state index contributed by atoms with van der Waals surface area (Å²) in [5, 5.41) is 0. The van der Waals surface area contributed by atoms with Gasteiger partial charge < -0.3 is 27.8 Å². The first-order valence-corrected chi connectivity index (χ1v) is 23.7. The maximum atomic E-state index is 15.3. The van der Waals surface area contributed by atoms with E-state index in [0.29, 0.717) is 38.5 Å². The number of esters is 3. The fourth-order valence-electron chi connectivity index (χ4n) is 13.9. The largest absolute Gasteiger partial charge is 0.519 e. The minimum atomic E-state index is -0.928. The van der Waals surface area contributed by atoms with Gasteiger partial charge in [-0.15, -0.1) is 0 Å². The van der Waals surface area contributed by atoms with Crippen LogP contribution in [0, 0.1) is 57.2 Å². The van der Waals surface area contributed by atoms with Gasteiger partial charge in [-0.05, 0) is 129 Å². The molecule has 0 unspecified atom stereocenters. The lowest BCUT2D eigenvalue weighted by Crippen LogP contribution is -2.67. The van der Waals surface area contributed by atoms with Crippen molar-refractivity contribution in [3.8, 4) is 0 Å². The maximum Gasteiger partial charge on any atom is 0.519 e. The van der Waals surface area contributed by atoms with Gasteiger partial charge in [-0.25, -0.2) is 4.79 Å². The molecule has 0 radical (unpaired) electrons. The van der Waals surface area contributed by atoms with Gasteiger partial charge >= 0.3 is 23.7 Å². The van der Waals surface area contributed by atoms with Crippen LogP contribution in [0.5, 0.6) is 0 Å². The van der Waals surface area contributed by atoms with Crippen molar-refractivity contribution in [1.82, 2.24) is 0 Å². The number of Topliss-reactive ketones (excluding diaryl/α,β-unsaturated/α-hetero) is 1. The Morgan fingerprint density at radius 3 is 2.03 bits per heavy atom. The third-order valence-corrected chi connectivity index (χ3v) is 17.9. The average molecular weight is 891 g/mol. The monoisotopic (exact) mass is 890 g/mol. The number of aryl methyl sites for hydroxylation is 1. The molecule has 5 aliphatic rings. The molecule has 1 heterocycles. The zero-order chi connectivity index (χ0) is 46.7. The Labute approximate surface area is 382 Å².